The van der Waals surface area contributed by atoms with Gasteiger partial charge in [0.25, 0.3) is 0 Å². The molecule has 23 heavy (non-hydrogen) atoms. The topological polar surface area (TPSA) is 42.7 Å². The molecule has 0 aliphatic heterocycles. The van der Waals surface area contributed by atoms with Crippen molar-refractivity contribution in [2.45, 2.75) is 52.4 Å². The van der Waals surface area contributed by atoms with Crippen molar-refractivity contribution in [2.75, 3.05) is 5.32 Å². The molecule has 1 unspecified atom stereocenters. The first-order valence-electron chi connectivity index (χ1n) is 7.35. The Kier molecular flexibility index (Phi) is 4.41. The molecule has 1 atom stereocenters. The van der Waals surface area contributed by atoms with Gasteiger partial charge in [0.1, 0.15) is 5.82 Å². The molecule has 2 aromatic rings. The van der Waals surface area contributed by atoms with Crippen molar-refractivity contribution in [1.29, 1.82) is 0 Å². The standard InChI is InChI=1S/C16H21F3N4/c1-10(13-9-23(15(3,4)5)22-11(13)2)21-14-7-6-12(8-20-14)16(17,18)19/h6-10H,1-5H3,(H,20,21). The van der Waals surface area contributed by atoms with Crippen LogP contribution in [0.4, 0.5) is 19.0 Å². The molecule has 2 heterocycles. The third-order valence-electron chi connectivity index (χ3n) is 3.55. The number of aryl methyl sites for hydroxylation is 1. The van der Waals surface area contributed by atoms with Gasteiger partial charge in [-0.1, -0.05) is 0 Å². The van der Waals surface area contributed by atoms with Gasteiger partial charge in [-0.2, -0.15) is 18.3 Å². The van der Waals surface area contributed by atoms with Gasteiger partial charge in [0.2, 0.25) is 0 Å². The molecule has 0 saturated heterocycles. The second-order valence-electron chi connectivity index (χ2n) is 6.58. The summed E-state index contributed by atoms with van der Waals surface area (Å²) in [7, 11) is 0. The Hall–Kier alpha value is -2.05. The lowest BCUT2D eigenvalue weighted by Gasteiger charge is -2.19. The predicted octanol–water partition coefficient (Wildman–Crippen LogP) is 4.53. The van der Waals surface area contributed by atoms with Crippen LogP contribution in [0.2, 0.25) is 0 Å². The highest BCUT2D eigenvalue weighted by molar-refractivity contribution is 5.40. The van der Waals surface area contributed by atoms with Gasteiger partial charge in [-0.05, 0) is 46.8 Å². The van der Waals surface area contributed by atoms with Crippen molar-refractivity contribution in [3.8, 4) is 0 Å². The molecular weight excluding hydrogens is 305 g/mol. The van der Waals surface area contributed by atoms with Crippen LogP contribution in [0.25, 0.3) is 0 Å². The molecule has 126 valence electrons. The fourth-order valence-corrected chi connectivity index (χ4v) is 2.19. The number of nitrogens with zero attached hydrogens (tertiary/aromatic N) is 3. The zero-order valence-corrected chi connectivity index (χ0v) is 13.9. The number of pyridine rings is 1. The molecule has 0 radical (unpaired) electrons. The zero-order valence-electron chi connectivity index (χ0n) is 13.9. The first-order valence-corrected chi connectivity index (χ1v) is 7.35. The van der Waals surface area contributed by atoms with Gasteiger partial charge in [-0.3, -0.25) is 4.68 Å². The monoisotopic (exact) mass is 326 g/mol. The molecule has 2 aromatic heterocycles. The summed E-state index contributed by atoms with van der Waals surface area (Å²) in [6.45, 7) is 10.0. The van der Waals surface area contributed by atoms with E-state index in [4.69, 9.17) is 0 Å². The van der Waals surface area contributed by atoms with Crippen molar-refractivity contribution in [3.63, 3.8) is 0 Å². The van der Waals surface area contributed by atoms with Crippen molar-refractivity contribution < 1.29 is 13.2 Å². The summed E-state index contributed by atoms with van der Waals surface area (Å²) in [5, 5.41) is 7.61. The smallest absolute Gasteiger partial charge is 0.363 e. The molecule has 0 aliphatic rings. The van der Waals surface area contributed by atoms with Crippen molar-refractivity contribution in [1.82, 2.24) is 14.8 Å². The first kappa shape index (κ1) is 17.3. The lowest BCUT2D eigenvalue weighted by Crippen LogP contribution is -2.22. The Bertz CT molecular complexity index is 666. The number of hydrogen-bond acceptors (Lipinski definition) is 3. The average molecular weight is 326 g/mol. The molecule has 0 fully saturated rings. The Morgan fingerprint density at radius 1 is 1.17 bits per heavy atom. The summed E-state index contributed by atoms with van der Waals surface area (Å²) in [5.74, 6) is 0.397. The second-order valence-corrected chi connectivity index (χ2v) is 6.58. The van der Waals surface area contributed by atoms with Crippen LogP contribution < -0.4 is 5.32 Å². The fraction of sp³-hybridized carbons (Fsp3) is 0.500. The molecule has 0 spiro atoms. The minimum atomic E-state index is -4.37. The first-order chi connectivity index (χ1) is 10.5. The summed E-state index contributed by atoms with van der Waals surface area (Å²) >= 11 is 0. The van der Waals surface area contributed by atoms with Gasteiger partial charge < -0.3 is 5.32 Å². The molecule has 2 rings (SSSR count). The predicted molar refractivity (Wildman–Crippen MR) is 83.2 cm³/mol. The maximum atomic E-state index is 12.5. The van der Waals surface area contributed by atoms with Crippen molar-refractivity contribution >= 4 is 5.82 Å². The lowest BCUT2D eigenvalue weighted by atomic mass is 10.1. The van der Waals surface area contributed by atoms with E-state index in [1.165, 1.54) is 6.07 Å². The van der Waals surface area contributed by atoms with Crippen LogP contribution in [0.15, 0.2) is 24.5 Å². The quantitative estimate of drug-likeness (QED) is 0.901. The van der Waals surface area contributed by atoms with E-state index in [9.17, 15) is 13.2 Å². The second kappa shape index (κ2) is 5.86. The highest BCUT2D eigenvalue weighted by atomic mass is 19.4. The SMILES string of the molecule is Cc1nn(C(C)(C)C)cc1C(C)Nc1ccc(C(F)(F)F)cn1. The number of aromatic nitrogens is 3. The lowest BCUT2D eigenvalue weighted by molar-refractivity contribution is -0.137. The van der Waals surface area contributed by atoms with Gasteiger partial charge >= 0.3 is 6.18 Å². The van der Waals surface area contributed by atoms with E-state index in [0.717, 1.165) is 23.5 Å². The summed E-state index contributed by atoms with van der Waals surface area (Å²) in [6.07, 6.45) is -1.58. The Balaban J connectivity index is 2.16. The summed E-state index contributed by atoms with van der Waals surface area (Å²) in [6, 6.07) is 2.24. The summed E-state index contributed by atoms with van der Waals surface area (Å²) in [5.41, 5.74) is 0.982. The summed E-state index contributed by atoms with van der Waals surface area (Å²) < 4.78 is 39.5. The molecule has 0 saturated carbocycles. The number of rotatable bonds is 3. The Morgan fingerprint density at radius 2 is 1.83 bits per heavy atom. The van der Waals surface area contributed by atoms with Crippen LogP contribution in [-0.2, 0) is 11.7 Å². The highest BCUT2D eigenvalue weighted by Crippen LogP contribution is 2.29. The third kappa shape index (κ3) is 4.03. The van der Waals surface area contributed by atoms with E-state index in [0.29, 0.717) is 5.82 Å². The Labute approximate surface area is 133 Å². The van der Waals surface area contributed by atoms with E-state index >= 15 is 0 Å². The molecule has 0 aliphatic carbocycles. The van der Waals surface area contributed by atoms with Crippen LogP contribution in [-0.4, -0.2) is 14.8 Å². The van der Waals surface area contributed by atoms with Gasteiger partial charge in [0, 0.05) is 18.0 Å². The number of alkyl halides is 3. The summed E-state index contributed by atoms with van der Waals surface area (Å²) in [4.78, 5) is 3.84. The van der Waals surface area contributed by atoms with Gasteiger partial charge in [-0.15, -0.1) is 0 Å². The normalized spacial score (nSPS) is 13.9. The van der Waals surface area contributed by atoms with E-state index in [-0.39, 0.29) is 11.6 Å². The van der Waals surface area contributed by atoms with E-state index in [1.807, 2.05) is 24.7 Å². The Morgan fingerprint density at radius 3 is 2.26 bits per heavy atom. The molecule has 0 amide bonds. The van der Waals surface area contributed by atoms with Crippen LogP contribution in [0.3, 0.4) is 0 Å². The van der Waals surface area contributed by atoms with Crippen molar-refractivity contribution in [3.05, 3.63) is 41.3 Å². The van der Waals surface area contributed by atoms with Crippen molar-refractivity contribution in [2.24, 2.45) is 0 Å². The molecule has 7 heteroatoms. The van der Waals surface area contributed by atoms with Gasteiger partial charge in [0.05, 0.1) is 22.8 Å². The maximum Gasteiger partial charge on any atom is 0.417 e. The van der Waals surface area contributed by atoms with Crippen LogP contribution >= 0.6 is 0 Å². The number of nitrogens with one attached hydrogen (secondary N) is 1. The molecular formula is C16H21F3N4. The number of hydrogen-bond donors (Lipinski definition) is 1. The maximum absolute atomic E-state index is 12.5. The largest absolute Gasteiger partial charge is 0.417 e. The van der Waals surface area contributed by atoms with Crippen LogP contribution in [0, 0.1) is 6.92 Å². The third-order valence-corrected chi connectivity index (χ3v) is 3.55. The fourth-order valence-electron chi connectivity index (χ4n) is 2.19. The molecule has 4 nitrogen and oxygen atoms in total. The van der Waals surface area contributed by atoms with E-state index < -0.39 is 11.7 Å². The molecule has 0 aromatic carbocycles. The van der Waals surface area contributed by atoms with E-state index in [1.54, 1.807) is 0 Å². The van der Waals surface area contributed by atoms with Crippen LogP contribution in [0.5, 0.6) is 0 Å². The average Bonchev–Trinajstić information content (AvgIpc) is 2.80. The highest BCUT2D eigenvalue weighted by Gasteiger charge is 2.30. The van der Waals surface area contributed by atoms with Gasteiger partial charge in [0.15, 0.2) is 0 Å². The number of anilines is 1. The molecule has 0 bridgehead atoms. The minimum absolute atomic E-state index is 0.115. The van der Waals surface area contributed by atoms with Crippen LogP contribution in [0.1, 0.15) is 50.6 Å². The molecule has 1 N–H and O–H groups in total. The van der Waals surface area contributed by atoms with Gasteiger partial charge in [-0.25, -0.2) is 4.98 Å². The zero-order chi connectivity index (χ0) is 17.4. The number of halogens is 3. The van der Waals surface area contributed by atoms with E-state index in [2.05, 4.69) is 36.2 Å². The minimum Gasteiger partial charge on any atom is -0.363 e.